The number of aliphatic hydroxyl groups is 1. The molecule has 0 aliphatic rings. The lowest BCUT2D eigenvalue weighted by atomic mass is 10.2. The van der Waals surface area contributed by atoms with Crippen LogP contribution in [0, 0.1) is 0 Å². The Bertz CT molecular complexity index is 325. The Kier molecular flexibility index (Phi) is 7.27. The summed E-state index contributed by atoms with van der Waals surface area (Å²) in [5.74, 6) is -0.813. The average molecular weight is 231 g/mol. The van der Waals surface area contributed by atoms with Gasteiger partial charge in [-0.2, -0.15) is 5.26 Å². The van der Waals surface area contributed by atoms with Crippen molar-refractivity contribution in [3.05, 3.63) is 47.5 Å². The smallest absolute Gasteiger partial charge is 0.372 e. The molecule has 4 nitrogen and oxygen atoms in total. The van der Waals surface area contributed by atoms with E-state index in [1.807, 2.05) is 0 Å². The Morgan fingerprint density at radius 1 is 1.60 bits per heavy atom. The van der Waals surface area contributed by atoms with Gasteiger partial charge < -0.3 is 5.11 Å². The van der Waals surface area contributed by atoms with Crippen LogP contribution < -0.4 is 0 Å². The molecule has 0 unspecified atom stereocenters. The van der Waals surface area contributed by atoms with Gasteiger partial charge in [0, 0.05) is 5.02 Å². The van der Waals surface area contributed by atoms with Crippen LogP contribution in [0.25, 0.3) is 0 Å². The second-order valence-electron chi connectivity index (χ2n) is 2.36. The monoisotopic (exact) mass is 230 g/mol. The molecule has 2 N–H and O–H groups in total. The van der Waals surface area contributed by atoms with E-state index in [4.69, 9.17) is 22.0 Å². The number of benzene rings is 1. The summed E-state index contributed by atoms with van der Waals surface area (Å²) in [7, 11) is 0. The number of hydrogen-bond acceptors (Lipinski definition) is 4. The third-order valence-corrected chi connectivity index (χ3v) is 1.51. The molecular formula is C10H11ClO4. The molecule has 0 saturated heterocycles. The van der Waals surface area contributed by atoms with Crippen LogP contribution in [0.15, 0.2) is 36.9 Å². The van der Waals surface area contributed by atoms with E-state index in [0.29, 0.717) is 5.02 Å². The lowest BCUT2D eigenvalue weighted by molar-refractivity contribution is -0.182. The fraction of sp³-hybridized carbons (Fsp3) is 0.100. The SMILES string of the molecule is C=CCO.O=C(OO)c1cccc(Cl)c1. The van der Waals surface area contributed by atoms with Crippen LogP contribution in [-0.4, -0.2) is 22.9 Å². The normalized spacial score (nSPS) is 8.47. The molecular weight excluding hydrogens is 220 g/mol. The molecule has 82 valence electrons. The van der Waals surface area contributed by atoms with Crippen molar-refractivity contribution in [3.63, 3.8) is 0 Å². The highest BCUT2D eigenvalue weighted by Crippen LogP contribution is 2.10. The van der Waals surface area contributed by atoms with Crippen LogP contribution in [0.1, 0.15) is 10.4 Å². The summed E-state index contributed by atoms with van der Waals surface area (Å²) in [6.07, 6.45) is 1.43. The highest BCUT2D eigenvalue weighted by molar-refractivity contribution is 6.30. The third-order valence-electron chi connectivity index (χ3n) is 1.27. The molecule has 0 radical (unpaired) electrons. The van der Waals surface area contributed by atoms with E-state index < -0.39 is 5.97 Å². The van der Waals surface area contributed by atoms with Gasteiger partial charge in [-0.25, -0.2) is 4.79 Å². The van der Waals surface area contributed by atoms with Crippen molar-refractivity contribution >= 4 is 17.6 Å². The molecule has 1 rings (SSSR count). The van der Waals surface area contributed by atoms with Gasteiger partial charge in [0.2, 0.25) is 0 Å². The first-order valence-electron chi connectivity index (χ1n) is 3.98. The van der Waals surface area contributed by atoms with E-state index in [2.05, 4.69) is 11.5 Å². The van der Waals surface area contributed by atoms with Crippen LogP contribution in [0.5, 0.6) is 0 Å². The van der Waals surface area contributed by atoms with Crippen molar-refractivity contribution in [1.29, 1.82) is 0 Å². The summed E-state index contributed by atoms with van der Waals surface area (Å²) in [6, 6.07) is 6.11. The minimum absolute atomic E-state index is 0.0833. The molecule has 0 aromatic heterocycles. The number of rotatable bonds is 2. The van der Waals surface area contributed by atoms with E-state index >= 15 is 0 Å². The van der Waals surface area contributed by atoms with Crippen LogP contribution in [0.2, 0.25) is 5.02 Å². The fourth-order valence-corrected chi connectivity index (χ4v) is 0.858. The fourth-order valence-electron chi connectivity index (χ4n) is 0.668. The quantitative estimate of drug-likeness (QED) is 0.464. The van der Waals surface area contributed by atoms with Crippen molar-refractivity contribution in [2.75, 3.05) is 6.61 Å². The highest BCUT2D eigenvalue weighted by atomic mass is 35.5. The van der Waals surface area contributed by atoms with E-state index in [9.17, 15) is 4.79 Å². The van der Waals surface area contributed by atoms with E-state index in [0.717, 1.165) is 0 Å². The first-order chi connectivity index (χ1) is 7.15. The molecule has 0 saturated carbocycles. The lowest BCUT2D eigenvalue weighted by Crippen LogP contribution is -2.00. The zero-order valence-electron chi connectivity index (χ0n) is 7.89. The molecule has 1 aromatic rings. The van der Waals surface area contributed by atoms with Crippen LogP contribution in [0.3, 0.4) is 0 Å². The largest absolute Gasteiger partial charge is 0.392 e. The maximum absolute atomic E-state index is 10.6. The summed E-state index contributed by atoms with van der Waals surface area (Å²) in [5, 5.41) is 16.2. The Balaban J connectivity index is 0.000000423. The molecule has 0 amide bonds. The third kappa shape index (κ3) is 5.85. The minimum atomic E-state index is -0.813. The van der Waals surface area contributed by atoms with Gasteiger partial charge in [-0.3, -0.25) is 4.89 Å². The molecule has 15 heavy (non-hydrogen) atoms. The predicted molar refractivity (Wildman–Crippen MR) is 56.8 cm³/mol. The van der Waals surface area contributed by atoms with Gasteiger partial charge in [-0.05, 0) is 18.2 Å². The van der Waals surface area contributed by atoms with Gasteiger partial charge in [0.15, 0.2) is 0 Å². The van der Waals surface area contributed by atoms with Crippen molar-refractivity contribution in [2.24, 2.45) is 0 Å². The molecule has 1 aromatic carbocycles. The first kappa shape index (κ1) is 13.6. The van der Waals surface area contributed by atoms with Crippen molar-refractivity contribution in [3.8, 4) is 0 Å². The number of carbonyl (C=O) groups excluding carboxylic acids is 1. The first-order valence-corrected chi connectivity index (χ1v) is 4.36. The van der Waals surface area contributed by atoms with Crippen molar-refractivity contribution < 1.29 is 20.0 Å². The maximum Gasteiger partial charge on any atom is 0.372 e. The summed E-state index contributed by atoms with van der Waals surface area (Å²) < 4.78 is 0. The van der Waals surface area contributed by atoms with E-state index in [1.165, 1.54) is 18.2 Å². The second-order valence-corrected chi connectivity index (χ2v) is 2.80. The average Bonchev–Trinajstić information content (AvgIpc) is 2.28. The standard InChI is InChI=1S/C7H5ClO3.C3H6O/c8-6-3-1-2-5(4-6)7(9)11-10;1-2-3-4/h1-4,10H;2,4H,1,3H2. The Morgan fingerprint density at radius 3 is 2.60 bits per heavy atom. The Labute approximate surface area is 92.3 Å². The lowest BCUT2D eigenvalue weighted by Gasteiger charge is -1.95. The summed E-state index contributed by atoms with van der Waals surface area (Å²) >= 11 is 5.56. The maximum atomic E-state index is 10.6. The number of hydrogen-bond donors (Lipinski definition) is 2. The van der Waals surface area contributed by atoms with E-state index in [-0.39, 0.29) is 12.2 Å². The Hall–Kier alpha value is -1.36. The van der Waals surface area contributed by atoms with Gasteiger partial charge in [0.05, 0.1) is 12.2 Å². The Morgan fingerprint density at radius 2 is 2.20 bits per heavy atom. The molecule has 0 fully saturated rings. The van der Waals surface area contributed by atoms with Crippen LogP contribution in [-0.2, 0) is 4.89 Å². The van der Waals surface area contributed by atoms with Crippen LogP contribution >= 0.6 is 11.6 Å². The van der Waals surface area contributed by atoms with Gasteiger partial charge in [0.1, 0.15) is 0 Å². The number of halogens is 1. The van der Waals surface area contributed by atoms with Gasteiger partial charge >= 0.3 is 5.97 Å². The van der Waals surface area contributed by atoms with E-state index in [1.54, 1.807) is 12.1 Å². The summed E-state index contributed by atoms with van der Waals surface area (Å²) in [4.78, 5) is 14.1. The second kappa shape index (κ2) is 7.99. The summed E-state index contributed by atoms with van der Waals surface area (Å²) in [5.41, 5.74) is 0.222. The predicted octanol–water partition coefficient (Wildman–Crippen LogP) is 2.13. The van der Waals surface area contributed by atoms with Gasteiger partial charge in [0.25, 0.3) is 0 Å². The molecule has 0 bridgehead atoms. The molecule has 5 heteroatoms. The number of aliphatic hydroxyl groups excluding tert-OH is 1. The highest BCUT2D eigenvalue weighted by Gasteiger charge is 2.05. The molecule has 0 heterocycles. The van der Waals surface area contributed by atoms with Gasteiger partial charge in [-0.15, -0.1) is 6.58 Å². The number of carbonyl (C=O) groups is 1. The van der Waals surface area contributed by atoms with Crippen molar-refractivity contribution in [2.45, 2.75) is 0 Å². The van der Waals surface area contributed by atoms with Gasteiger partial charge in [-0.1, -0.05) is 23.7 Å². The zero-order valence-corrected chi connectivity index (χ0v) is 8.65. The molecule has 0 atom stereocenters. The van der Waals surface area contributed by atoms with Crippen LogP contribution in [0.4, 0.5) is 0 Å². The van der Waals surface area contributed by atoms with Crippen molar-refractivity contribution in [1.82, 2.24) is 0 Å². The molecule has 0 spiro atoms. The minimum Gasteiger partial charge on any atom is -0.392 e. The summed E-state index contributed by atoms with van der Waals surface area (Å²) in [6.45, 7) is 3.31. The topological polar surface area (TPSA) is 66.8 Å². The molecule has 0 aliphatic heterocycles. The molecule has 0 aliphatic carbocycles. The zero-order chi connectivity index (χ0) is 11.7.